The average Bonchev–Trinajstić information content (AvgIpc) is 3.34. The molecule has 2 aromatic rings. The summed E-state index contributed by atoms with van der Waals surface area (Å²) in [6.45, 7) is 4.99. The lowest BCUT2D eigenvalue weighted by Gasteiger charge is -2.32. The predicted molar refractivity (Wildman–Crippen MR) is 105 cm³/mol. The van der Waals surface area contributed by atoms with Crippen LogP contribution in [0.25, 0.3) is 0 Å². The van der Waals surface area contributed by atoms with Gasteiger partial charge < -0.3 is 5.32 Å². The van der Waals surface area contributed by atoms with Crippen LogP contribution in [0, 0.1) is 12.8 Å². The molecule has 4 rings (SSSR count). The van der Waals surface area contributed by atoms with Crippen molar-refractivity contribution in [3.8, 4) is 0 Å². The van der Waals surface area contributed by atoms with Crippen LogP contribution in [0.5, 0.6) is 0 Å². The van der Waals surface area contributed by atoms with E-state index in [0.29, 0.717) is 6.04 Å². The second-order valence-electron chi connectivity index (χ2n) is 7.91. The van der Waals surface area contributed by atoms with Gasteiger partial charge in [-0.25, -0.2) is 4.68 Å². The van der Waals surface area contributed by atoms with Crippen LogP contribution in [-0.4, -0.2) is 38.7 Å². The number of likely N-dealkylation sites (tertiary alicyclic amines) is 1. The summed E-state index contributed by atoms with van der Waals surface area (Å²) in [4.78, 5) is 19.5. The minimum atomic E-state index is 0.164. The maximum Gasteiger partial charge on any atom is 0.228 e. The molecule has 1 saturated heterocycles. The van der Waals surface area contributed by atoms with Gasteiger partial charge in [0.25, 0.3) is 0 Å². The van der Waals surface area contributed by atoms with E-state index in [9.17, 15) is 4.79 Å². The molecule has 6 nitrogen and oxygen atoms in total. The van der Waals surface area contributed by atoms with Crippen LogP contribution in [0.1, 0.15) is 56.0 Å². The van der Waals surface area contributed by atoms with E-state index in [1.54, 1.807) is 6.20 Å². The lowest BCUT2D eigenvalue weighted by Crippen LogP contribution is -2.35. The van der Waals surface area contributed by atoms with Crippen LogP contribution in [-0.2, 0) is 11.3 Å². The Hall–Kier alpha value is -2.21. The van der Waals surface area contributed by atoms with E-state index < -0.39 is 0 Å². The third-order valence-corrected chi connectivity index (χ3v) is 5.88. The van der Waals surface area contributed by atoms with Crippen LogP contribution in [0.4, 0.5) is 5.82 Å². The molecule has 1 saturated carbocycles. The molecule has 0 atom stereocenters. The van der Waals surface area contributed by atoms with Gasteiger partial charge >= 0.3 is 0 Å². The number of piperidine rings is 1. The molecule has 0 unspecified atom stereocenters. The number of hydrogen-bond donors (Lipinski definition) is 1. The number of pyridine rings is 1. The molecule has 0 radical (unpaired) electrons. The smallest absolute Gasteiger partial charge is 0.228 e. The molecule has 0 aromatic carbocycles. The highest BCUT2D eigenvalue weighted by Gasteiger charge is 2.26. The van der Waals surface area contributed by atoms with Crippen molar-refractivity contribution in [1.29, 1.82) is 0 Å². The topological polar surface area (TPSA) is 63.1 Å². The van der Waals surface area contributed by atoms with Crippen LogP contribution in [0.3, 0.4) is 0 Å². The number of aryl methyl sites for hydroxylation is 1. The quantitative estimate of drug-likeness (QED) is 0.878. The van der Waals surface area contributed by atoms with Gasteiger partial charge in [-0.1, -0.05) is 18.9 Å². The molecule has 144 valence electrons. The fourth-order valence-corrected chi connectivity index (χ4v) is 4.36. The monoisotopic (exact) mass is 367 g/mol. The van der Waals surface area contributed by atoms with Gasteiger partial charge in [-0.3, -0.25) is 14.7 Å². The Morgan fingerprint density at radius 2 is 1.93 bits per heavy atom. The zero-order chi connectivity index (χ0) is 18.6. The van der Waals surface area contributed by atoms with E-state index in [1.165, 1.54) is 12.8 Å². The molecule has 0 spiro atoms. The molecule has 0 bridgehead atoms. The fraction of sp³-hybridized carbons (Fsp3) is 0.571. The van der Waals surface area contributed by atoms with Gasteiger partial charge in [0.15, 0.2) is 0 Å². The summed E-state index contributed by atoms with van der Waals surface area (Å²) < 4.78 is 2.02. The van der Waals surface area contributed by atoms with Crippen molar-refractivity contribution in [1.82, 2.24) is 19.7 Å². The molecule has 6 heteroatoms. The van der Waals surface area contributed by atoms with E-state index >= 15 is 0 Å². The van der Waals surface area contributed by atoms with Crippen molar-refractivity contribution in [3.63, 3.8) is 0 Å². The Labute approximate surface area is 161 Å². The first-order chi connectivity index (χ1) is 13.2. The Balaban J connectivity index is 1.33. The second-order valence-corrected chi connectivity index (χ2v) is 7.91. The van der Waals surface area contributed by atoms with E-state index in [4.69, 9.17) is 0 Å². The number of nitrogens with zero attached hydrogens (tertiary/aromatic N) is 4. The predicted octanol–water partition coefficient (Wildman–Crippen LogP) is 3.55. The van der Waals surface area contributed by atoms with E-state index in [-0.39, 0.29) is 11.8 Å². The standard InChI is InChI=1S/C21H29N5O/c1-16-5-4-8-18(23-16)15-25-13-10-19(11-14-25)26-20(9-12-22-26)24-21(27)17-6-2-3-7-17/h4-5,8-9,12,17,19H,2-3,6-7,10-11,13-15H2,1H3,(H,24,27). The number of hydrogen-bond acceptors (Lipinski definition) is 4. The molecule has 1 aliphatic heterocycles. The van der Waals surface area contributed by atoms with Gasteiger partial charge in [0, 0.05) is 37.3 Å². The molecule has 1 N–H and O–H groups in total. The number of carbonyl (C=O) groups excluding carboxylic acids is 1. The van der Waals surface area contributed by atoms with Crippen LogP contribution >= 0.6 is 0 Å². The summed E-state index contributed by atoms with van der Waals surface area (Å²) in [7, 11) is 0. The number of anilines is 1. The van der Waals surface area contributed by atoms with Crippen molar-refractivity contribution in [2.24, 2.45) is 5.92 Å². The number of carbonyl (C=O) groups is 1. The highest BCUT2D eigenvalue weighted by molar-refractivity contribution is 5.91. The number of nitrogens with one attached hydrogen (secondary N) is 1. The van der Waals surface area contributed by atoms with Crippen LogP contribution in [0.2, 0.25) is 0 Å². The first kappa shape index (κ1) is 18.2. The van der Waals surface area contributed by atoms with E-state index in [2.05, 4.69) is 32.4 Å². The Morgan fingerprint density at radius 1 is 1.15 bits per heavy atom. The van der Waals surface area contributed by atoms with E-state index in [0.717, 1.165) is 62.5 Å². The van der Waals surface area contributed by atoms with E-state index in [1.807, 2.05) is 23.7 Å². The SMILES string of the molecule is Cc1cccc(CN2CCC(n3nccc3NC(=O)C3CCCC3)CC2)n1. The zero-order valence-electron chi connectivity index (χ0n) is 16.1. The third-order valence-electron chi connectivity index (χ3n) is 5.88. The molecule has 2 aromatic heterocycles. The normalized spacial score (nSPS) is 19.4. The summed E-state index contributed by atoms with van der Waals surface area (Å²) in [6, 6.07) is 8.49. The third kappa shape index (κ3) is 4.38. The number of amides is 1. The number of aromatic nitrogens is 3. The van der Waals surface area contributed by atoms with Crippen LogP contribution in [0.15, 0.2) is 30.5 Å². The Bertz CT molecular complexity index is 772. The molecule has 3 heterocycles. The Morgan fingerprint density at radius 3 is 2.67 bits per heavy atom. The molecular weight excluding hydrogens is 338 g/mol. The maximum absolute atomic E-state index is 12.5. The van der Waals surface area contributed by atoms with Gasteiger partial charge in [0.2, 0.25) is 5.91 Å². The largest absolute Gasteiger partial charge is 0.311 e. The van der Waals surface area contributed by atoms with Crippen molar-refractivity contribution in [2.75, 3.05) is 18.4 Å². The summed E-state index contributed by atoms with van der Waals surface area (Å²) in [5, 5.41) is 7.64. The lowest BCUT2D eigenvalue weighted by atomic mass is 10.0. The summed E-state index contributed by atoms with van der Waals surface area (Å²) in [5.74, 6) is 1.19. The summed E-state index contributed by atoms with van der Waals surface area (Å²) in [5.41, 5.74) is 2.21. The average molecular weight is 367 g/mol. The van der Waals surface area contributed by atoms with Crippen molar-refractivity contribution < 1.29 is 4.79 Å². The lowest BCUT2D eigenvalue weighted by molar-refractivity contribution is -0.119. The molecule has 1 amide bonds. The minimum Gasteiger partial charge on any atom is -0.311 e. The maximum atomic E-state index is 12.5. The van der Waals surface area contributed by atoms with Gasteiger partial charge in [-0.15, -0.1) is 0 Å². The van der Waals surface area contributed by atoms with Crippen molar-refractivity contribution >= 4 is 11.7 Å². The fourth-order valence-electron chi connectivity index (χ4n) is 4.36. The molecule has 2 aliphatic rings. The highest BCUT2D eigenvalue weighted by atomic mass is 16.2. The van der Waals surface area contributed by atoms with Gasteiger partial charge in [0.05, 0.1) is 17.9 Å². The van der Waals surface area contributed by atoms with Gasteiger partial charge in [0.1, 0.15) is 5.82 Å². The van der Waals surface area contributed by atoms with Gasteiger partial charge in [-0.2, -0.15) is 5.10 Å². The summed E-state index contributed by atoms with van der Waals surface area (Å²) in [6.07, 6.45) is 8.26. The molecule has 27 heavy (non-hydrogen) atoms. The first-order valence-corrected chi connectivity index (χ1v) is 10.2. The Kier molecular flexibility index (Phi) is 5.53. The van der Waals surface area contributed by atoms with Crippen molar-refractivity contribution in [2.45, 2.75) is 58.0 Å². The molecule has 1 aliphatic carbocycles. The highest BCUT2D eigenvalue weighted by Crippen LogP contribution is 2.29. The minimum absolute atomic E-state index is 0.164. The molecular formula is C21H29N5O. The van der Waals surface area contributed by atoms with Crippen LogP contribution < -0.4 is 5.32 Å². The summed E-state index contributed by atoms with van der Waals surface area (Å²) >= 11 is 0. The zero-order valence-corrected chi connectivity index (χ0v) is 16.1. The first-order valence-electron chi connectivity index (χ1n) is 10.2. The number of rotatable bonds is 5. The van der Waals surface area contributed by atoms with Crippen molar-refractivity contribution in [3.05, 3.63) is 41.9 Å². The second kappa shape index (κ2) is 8.21. The van der Waals surface area contributed by atoms with Gasteiger partial charge in [-0.05, 0) is 44.7 Å². The molecule has 2 fully saturated rings.